The zero-order chi connectivity index (χ0) is 9.19. The second kappa shape index (κ2) is 3.19. The Morgan fingerprint density at radius 1 is 1.25 bits per heavy atom. The number of nitrogens with two attached hydrogens (primary N) is 1. The average Bonchev–Trinajstić information content (AvgIpc) is 2.03. The van der Waals surface area contributed by atoms with Crippen molar-refractivity contribution in [2.45, 2.75) is 19.4 Å². The monoisotopic (exact) mass is 171 g/mol. The molecule has 0 aliphatic rings. The van der Waals surface area contributed by atoms with Crippen LogP contribution in [0.25, 0.3) is 0 Å². The third-order valence-electron chi connectivity index (χ3n) is 1.70. The van der Waals surface area contributed by atoms with Crippen molar-refractivity contribution in [2.24, 2.45) is 5.73 Å². The van der Waals surface area contributed by atoms with Crippen LogP contribution in [0.1, 0.15) is 18.1 Å². The molecule has 0 atom stereocenters. The van der Waals surface area contributed by atoms with Gasteiger partial charge in [0.25, 0.3) is 5.92 Å². The lowest BCUT2D eigenvalue weighted by molar-refractivity contribution is 0.0174. The first-order valence-corrected chi connectivity index (χ1v) is 3.71. The SMILES string of the molecule is CC(F)(F)c1ccc(CN)cc1. The van der Waals surface area contributed by atoms with Gasteiger partial charge in [-0.1, -0.05) is 24.3 Å². The molecular formula is C9H11F2N. The third-order valence-corrected chi connectivity index (χ3v) is 1.70. The van der Waals surface area contributed by atoms with Gasteiger partial charge in [-0.3, -0.25) is 0 Å². The first-order chi connectivity index (χ1) is 5.54. The second-order valence-electron chi connectivity index (χ2n) is 2.79. The molecule has 0 saturated carbocycles. The number of hydrogen-bond acceptors (Lipinski definition) is 1. The molecule has 0 amide bonds. The van der Waals surface area contributed by atoms with E-state index >= 15 is 0 Å². The minimum atomic E-state index is -2.76. The molecule has 12 heavy (non-hydrogen) atoms. The maximum Gasteiger partial charge on any atom is 0.270 e. The van der Waals surface area contributed by atoms with Crippen molar-refractivity contribution in [3.8, 4) is 0 Å². The van der Waals surface area contributed by atoms with Crippen molar-refractivity contribution in [3.05, 3.63) is 35.4 Å². The molecule has 0 unspecified atom stereocenters. The van der Waals surface area contributed by atoms with Gasteiger partial charge in [0.15, 0.2) is 0 Å². The molecule has 1 rings (SSSR count). The van der Waals surface area contributed by atoms with E-state index in [4.69, 9.17) is 5.73 Å². The Kier molecular flexibility index (Phi) is 2.43. The van der Waals surface area contributed by atoms with E-state index in [2.05, 4.69) is 0 Å². The zero-order valence-electron chi connectivity index (χ0n) is 6.85. The van der Waals surface area contributed by atoms with Crippen molar-refractivity contribution in [1.82, 2.24) is 0 Å². The lowest BCUT2D eigenvalue weighted by Crippen LogP contribution is -2.07. The van der Waals surface area contributed by atoms with Crippen LogP contribution in [0, 0.1) is 0 Å². The van der Waals surface area contributed by atoms with Crippen molar-refractivity contribution in [3.63, 3.8) is 0 Å². The number of benzene rings is 1. The number of alkyl halides is 2. The van der Waals surface area contributed by atoms with Crippen LogP contribution in [0.5, 0.6) is 0 Å². The molecule has 0 spiro atoms. The quantitative estimate of drug-likeness (QED) is 0.725. The Bertz CT molecular complexity index is 248. The minimum absolute atomic E-state index is 0.0275. The van der Waals surface area contributed by atoms with Crippen molar-refractivity contribution in [1.29, 1.82) is 0 Å². The lowest BCUT2D eigenvalue weighted by Gasteiger charge is -2.10. The number of rotatable bonds is 2. The topological polar surface area (TPSA) is 26.0 Å². The maximum atomic E-state index is 12.7. The maximum absolute atomic E-state index is 12.7. The molecular weight excluding hydrogens is 160 g/mol. The fourth-order valence-electron chi connectivity index (χ4n) is 0.933. The molecule has 0 aliphatic heterocycles. The number of hydrogen-bond donors (Lipinski definition) is 1. The van der Waals surface area contributed by atoms with E-state index < -0.39 is 5.92 Å². The first kappa shape index (κ1) is 9.13. The van der Waals surface area contributed by atoms with E-state index in [0.29, 0.717) is 6.54 Å². The first-order valence-electron chi connectivity index (χ1n) is 3.71. The molecule has 2 N–H and O–H groups in total. The van der Waals surface area contributed by atoms with Gasteiger partial charge in [0, 0.05) is 19.0 Å². The average molecular weight is 171 g/mol. The highest BCUT2D eigenvalue weighted by Crippen LogP contribution is 2.26. The highest BCUT2D eigenvalue weighted by molar-refractivity contribution is 5.25. The van der Waals surface area contributed by atoms with E-state index in [0.717, 1.165) is 12.5 Å². The molecule has 3 heteroatoms. The summed E-state index contributed by atoms with van der Waals surface area (Å²) in [5.74, 6) is -2.76. The minimum Gasteiger partial charge on any atom is -0.326 e. The summed E-state index contributed by atoms with van der Waals surface area (Å²) in [7, 11) is 0. The largest absolute Gasteiger partial charge is 0.326 e. The van der Waals surface area contributed by atoms with Crippen molar-refractivity contribution in [2.75, 3.05) is 0 Å². The van der Waals surface area contributed by atoms with Crippen LogP contribution in [0.4, 0.5) is 8.78 Å². The Morgan fingerprint density at radius 3 is 2.08 bits per heavy atom. The molecule has 1 nitrogen and oxygen atoms in total. The molecule has 0 bridgehead atoms. The normalized spacial score (nSPS) is 11.7. The van der Waals surface area contributed by atoms with Gasteiger partial charge in [0.1, 0.15) is 0 Å². The van der Waals surface area contributed by atoms with E-state index in [1.165, 1.54) is 12.1 Å². The van der Waals surface area contributed by atoms with Crippen LogP contribution in [-0.4, -0.2) is 0 Å². The van der Waals surface area contributed by atoms with E-state index in [9.17, 15) is 8.78 Å². The summed E-state index contributed by atoms with van der Waals surface area (Å²) in [6, 6.07) is 6.05. The Balaban J connectivity index is 2.93. The summed E-state index contributed by atoms with van der Waals surface area (Å²) in [6.07, 6.45) is 0. The van der Waals surface area contributed by atoms with Crippen LogP contribution in [0.2, 0.25) is 0 Å². The van der Waals surface area contributed by atoms with E-state index in [1.807, 2.05) is 0 Å². The molecule has 0 aliphatic carbocycles. The van der Waals surface area contributed by atoms with Gasteiger partial charge in [-0.05, 0) is 5.56 Å². The molecule has 1 aromatic rings. The second-order valence-corrected chi connectivity index (χ2v) is 2.79. The van der Waals surface area contributed by atoms with E-state index in [-0.39, 0.29) is 5.56 Å². The summed E-state index contributed by atoms with van der Waals surface area (Å²) in [5, 5.41) is 0. The Hall–Kier alpha value is -0.960. The molecule has 1 aromatic carbocycles. The third kappa shape index (κ3) is 2.01. The van der Waals surface area contributed by atoms with Gasteiger partial charge in [0.2, 0.25) is 0 Å². The van der Waals surface area contributed by atoms with Crippen LogP contribution < -0.4 is 5.73 Å². The fourth-order valence-corrected chi connectivity index (χ4v) is 0.933. The highest BCUT2D eigenvalue weighted by Gasteiger charge is 2.23. The fraction of sp³-hybridized carbons (Fsp3) is 0.333. The van der Waals surface area contributed by atoms with Crippen molar-refractivity contribution >= 4 is 0 Å². The Morgan fingerprint density at radius 2 is 1.75 bits per heavy atom. The zero-order valence-corrected chi connectivity index (χ0v) is 6.85. The predicted molar refractivity (Wildman–Crippen MR) is 43.9 cm³/mol. The molecule has 0 aromatic heterocycles. The smallest absolute Gasteiger partial charge is 0.270 e. The molecule has 66 valence electrons. The highest BCUT2D eigenvalue weighted by atomic mass is 19.3. The van der Waals surface area contributed by atoms with Gasteiger partial charge in [-0.25, -0.2) is 8.78 Å². The molecule has 0 heterocycles. The van der Waals surface area contributed by atoms with Crippen LogP contribution in [0.15, 0.2) is 24.3 Å². The van der Waals surface area contributed by atoms with Gasteiger partial charge >= 0.3 is 0 Å². The standard InChI is InChI=1S/C9H11F2N/c1-9(10,11)8-4-2-7(6-12)3-5-8/h2-5H,6,12H2,1H3. The van der Waals surface area contributed by atoms with Gasteiger partial charge in [-0.2, -0.15) is 0 Å². The number of halogens is 2. The van der Waals surface area contributed by atoms with Crippen LogP contribution in [-0.2, 0) is 12.5 Å². The molecule has 0 fully saturated rings. The molecule has 0 radical (unpaired) electrons. The summed E-state index contributed by atoms with van der Waals surface area (Å²) >= 11 is 0. The summed E-state index contributed by atoms with van der Waals surface area (Å²) in [4.78, 5) is 0. The lowest BCUT2D eigenvalue weighted by atomic mass is 10.1. The van der Waals surface area contributed by atoms with Gasteiger partial charge < -0.3 is 5.73 Å². The summed E-state index contributed by atoms with van der Waals surface area (Å²) in [6.45, 7) is 1.26. The Labute approximate surface area is 70.2 Å². The van der Waals surface area contributed by atoms with Crippen LogP contribution in [0.3, 0.4) is 0 Å². The van der Waals surface area contributed by atoms with Crippen LogP contribution >= 0.6 is 0 Å². The van der Waals surface area contributed by atoms with E-state index in [1.54, 1.807) is 12.1 Å². The molecule has 0 saturated heterocycles. The summed E-state index contributed by atoms with van der Waals surface area (Å²) < 4.78 is 25.3. The predicted octanol–water partition coefficient (Wildman–Crippen LogP) is 2.26. The van der Waals surface area contributed by atoms with Crippen molar-refractivity contribution < 1.29 is 8.78 Å². The van der Waals surface area contributed by atoms with Gasteiger partial charge in [0.05, 0.1) is 0 Å². The summed E-state index contributed by atoms with van der Waals surface area (Å²) in [5.41, 5.74) is 6.21. The van der Waals surface area contributed by atoms with Gasteiger partial charge in [-0.15, -0.1) is 0 Å².